The number of carbonyl (C=O) groups is 1. The molecular weight excluding hydrogens is 440 g/mol. The fourth-order valence-electron chi connectivity index (χ4n) is 3.74. The lowest BCUT2D eigenvalue weighted by Gasteiger charge is -2.36. The predicted octanol–water partition coefficient (Wildman–Crippen LogP) is 2.16. The van der Waals surface area contributed by atoms with Crippen LogP contribution in [0.5, 0.6) is 5.75 Å². The van der Waals surface area contributed by atoms with Gasteiger partial charge >= 0.3 is 0 Å². The van der Waals surface area contributed by atoms with E-state index in [2.05, 4.69) is 32.0 Å². The molecule has 0 bridgehead atoms. The number of amides is 1. The molecule has 166 valence electrons. The quantitative estimate of drug-likeness (QED) is 0.610. The highest BCUT2D eigenvalue weighted by atomic mass is 35.5. The van der Waals surface area contributed by atoms with Gasteiger partial charge in [-0.25, -0.2) is 13.1 Å². The Kier molecular flexibility index (Phi) is 6.66. The Hall–Kier alpha value is -2.33. The molecule has 1 amide bonds. The summed E-state index contributed by atoms with van der Waals surface area (Å²) in [6.45, 7) is 4.78. The molecule has 0 saturated carbocycles. The van der Waals surface area contributed by atoms with Crippen molar-refractivity contribution in [2.75, 3.05) is 56.1 Å². The second-order valence-corrected chi connectivity index (χ2v) is 9.67. The van der Waals surface area contributed by atoms with E-state index >= 15 is 0 Å². The van der Waals surface area contributed by atoms with Crippen molar-refractivity contribution < 1.29 is 17.9 Å². The van der Waals surface area contributed by atoms with Crippen LogP contribution in [0.3, 0.4) is 0 Å². The summed E-state index contributed by atoms with van der Waals surface area (Å²) < 4.78 is 33.3. The summed E-state index contributed by atoms with van der Waals surface area (Å²) in [4.78, 5) is 16.0. The van der Waals surface area contributed by atoms with Crippen LogP contribution in [-0.2, 0) is 14.8 Å². The molecule has 2 heterocycles. The zero-order chi connectivity index (χ0) is 21.8. The van der Waals surface area contributed by atoms with Gasteiger partial charge < -0.3 is 15.0 Å². The number of ether oxygens (including phenoxy) is 1. The summed E-state index contributed by atoms with van der Waals surface area (Å²) in [5, 5.41) is 2.65. The molecule has 4 rings (SSSR count). The van der Waals surface area contributed by atoms with Crippen LogP contribution < -0.4 is 19.7 Å². The molecule has 0 spiro atoms. The minimum Gasteiger partial charge on any atom is -0.482 e. The number of fused-ring (bicyclic) bond motifs is 1. The highest BCUT2D eigenvalue weighted by molar-refractivity contribution is 7.89. The topological polar surface area (TPSA) is 91.0 Å². The Balaban J connectivity index is 1.26. The third-order valence-electron chi connectivity index (χ3n) is 5.39. The molecule has 2 aliphatic rings. The molecule has 2 aliphatic heterocycles. The lowest BCUT2D eigenvalue weighted by molar-refractivity contribution is -0.118. The van der Waals surface area contributed by atoms with Crippen LogP contribution in [0.4, 0.5) is 11.4 Å². The normalized spacial score (nSPS) is 17.1. The standard InChI is InChI=1S/C21H25ClN4O4S/c22-17-13-18-19(30-15-21(27)24-18)14-20(17)31(28,29)23-7-4-8-25-9-11-26(12-10-25)16-5-2-1-3-6-16/h1-3,5-6,13-14,23H,4,7-12,15H2,(H,24,27). The number of carbonyl (C=O) groups excluding carboxylic acids is 1. The zero-order valence-corrected chi connectivity index (χ0v) is 18.6. The number of rotatable bonds is 7. The van der Waals surface area contributed by atoms with Crippen molar-refractivity contribution in [3.05, 3.63) is 47.5 Å². The fraction of sp³-hybridized carbons (Fsp3) is 0.381. The smallest absolute Gasteiger partial charge is 0.262 e. The van der Waals surface area contributed by atoms with Crippen molar-refractivity contribution in [2.24, 2.45) is 0 Å². The number of para-hydroxylation sites is 1. The van der Waals surface area contributed by atoms with Gasteiger partial charge in [0.15, 0.2) is 6.61 Å². The van der Waals surface area contributed by atoms with Crippen LogP contribution in [-0.4, -0.2) is 65.1 Å². The first-order valence-electron chi connectivity index (χ1n) is 10.2. The van der Waals surface area contributed by atoms with Gasteiger partial charge in [-0.3, -0.25) is 9.69 Å². The van der Waals surface area contributed by atoms with Gasteiger partial charge in [0.05, 0.1) is 10.7 Å². The molecule has 0 aliphatic carbocycles. The van der Waals surface area contributed by atoms with Crippen molar-refractivity contribution in [2.45, 2.75) is 11.3 Å². The summed E-state index contributed by atoms with van der Waals surface area (Å²) in [7, 11) is -3.79. The molecule has 2 N–H and O–H groups in total. The number of hydrogen-bond donors (Lipinski definition) is 2. The first kappa shape index (κ1) is 21.9. The first-order valence-corrected chi connectivity index (χ1v) is 12.1. The van der Waals surface area contributed by atoms with Crippen molar-refractivity contribution in [1.82, 2.24) is 9.62 Å². The van der Waals surface area contributed by atoms with E-state index in [0.717, 1.165) is 32.7 Å². The third-order valence-corrected chi connectivity index (χ3v) is 7.32. The van der Waals surface area contributed by atoms with Gasteiger partial charge in [-0.2, -0.15) is 0 Å². The van der Waals surface area contributed by atoms with E-state index in [1.54, 1.807) is 0 Å². The van der Waals surface area contributed by atoms with E-state index in [1.807, 2.05) is 18.2 Å². The average Bonchev–Trinajstić information content (AvgIpc) is 2.77. The predicted molar refractivity (Wildman–Crippen MR) is 120 cm³/mol. The number of anilines is 2. The molecule has 1 fully saturated rings. The van der Waals surface area contributed by atoms with E-state index in [4.69, 9.17) is 16.3 Å². The maximum absolute atomic E-state index is 12.7. The maximum atomic E-state index is 12.7. The average molecular weight is 465 g/mol. The summed E-state index contributed by atoms with van der Waals surface area (Å²) in [5.74, 6) is -0.0115. The van der Waals surface area contributed by atoms with E-state index < -0.39 is 10.0 Å². The zero-order valence-electron chi connectivity index (χ0n) is 17.0. The molecule has 2 aromatic rings. The number of nitrogens with one attached hydrogen (secondary N) is 2. The van der Waals surface area contributed by atoms with Crippen LogP contribution in [0.2, 0.25) is 5.02 Å². The van der Waals surface area contributed by atoms with E-state index in [0.29, 0.717) is 24.4 Å². The van der Waals surface area contributed by atoms with E-state index in [-0.39, 0.29) is 22.4 Å². The number of hydrogen-bond acceptors (Lipinski definition) is 6. The van der Waals surface area contributed by atoms with Crippen LogP contribution in [0.25, 0.3) is 0 Å². The van der Waals surface area contributed by atoms with Crippen LogP contribution in [0.15, 0.2) is 47.4 Å². The monoisotopic (exact) mass is 464 g/mol. The number of sulfonamides is 1. The highest BCUT2D eigenvalue weighted by Crippen LogP contribution is 2.35. The van der Waals surface area contributed by atoms with Gasteiger partial charge in [-0.15, -0.1) is 0 Å². The SMILES string of the molecule is O=C1COc2cc(S(=O)(=O)NCCCN3CCN(c4ccccc4)CC3)c(Cl)cc2N1. The van der Waals surface area contributed by atoms with Crippen molar-refractivity contribution >= 4 is 38.9 Å². The van der Waals surface area contributed by atoms with Gasteiger partial charge in [0.2, 0.25) is 10.0 Å². The Morgan fingerprint density at radius 2 is 1.84 bits per heavy atom. The Labute approximate surface area is 187 Å². The lowest BCUT2D eigenvalue weighted by Crippen LogP contribution is -2.47. The van der Waals surface area contributed by atoms with Gasteiger partial charge in [0, 0.05) is 44.5 Å². The molecule has 31 heavy (non-hydrogen) atoms. The molecule has 8 nitrogen and oxygen atoms in total. The Morgan fingerprint density at radius 1 is 1.10 bits per heavy atom. The molecule has 1 saturated heterocycles. The Morgan fingerprint density at radius 3 is 2.58 bits per heavy atom. The number of piperazine rings is 1. The molecule has 2 aromatic carbocycles. The Bertz CT molecular complexity index is 1040. The largest absolute Gasteiger partial charge is 0.482 e. The summed E-state index contributed by atoms with van der Waals surface area (Å²) in [5.41, 5.74) is 1.61. The van der Waals surface area contributed by atoms with Crippen molar-refractivity contribution in [3.8, 4) is 5.75 Å². The van der Waals surface area contributed by atoms with Crippen molar-refractivity contribution in [3.63, 3.8) is 0 Å². The molecule has 0 aromatic heterocycles. The summed E-state index contributed by atoms with van der Waals surface area (Å²) >= 11 is 6.15. The first-order chi connectivity index (χ1) is 14.9. The maximum Gasteiger partial charge on any atom is 0.262 e. The minimum atomic E-state index is -3.79. The highest BCUT2D eigenvalue weighted by Gasteiger charge is 2.24. The van der Waals surface area contributed by atoms with Gasteiger partial charge in [0.25, 0.3) is 5.91 Å². The third kappa shape index (κ3) is 5.30. The number of halogens is 1. The van der Waals surface area contributed by atoms with Crippen LogP contribution in [0.1, 0.15) is 6.42 Å². The second-order valence-electron chi connectivity index (χ2n) is 7.53. The molecule has 0 radical (unpaired) electrons. The number of benzene rings is 2. The van der Waals surface area contributed by atoms with E-state index in [1.165, 1.54) is 17.8 Å². The van der Waals surface area contributed by atoms with Crippen LogP contribution >= 0.6 is 11.6 Å². The van der Waals surface area contributed by atoms with Gasteiger partial charge in [-0.1, -0.05) is 29.8 Å². The molecule has 10 heteroatoms. The van der Waals surface area contributed by atoms with E-state index in [9.17, 15) is 13.2 Å². The van der Waals surface area contributed by atoms with Gasteiger partial charge in [0.1, 0.15) is 10.6 Å². The lowest BCUT2D eigenvalue weighted by atomic mass is 10.2. The van der Waals surface area contributed by atoms with Crippen LogP contribution in [0, 0.1) is 0 Å². The van der Waals surface area contributed by atoms with Gasteiger partial charge in [-0.05, 0) is 31.2 Å². The summed E-state index contributed by atoms with van der Waals surface area (Å²) in [6.07, 6.45) is 0.694. The molecular formula is C21H25ClN4O4S. The molecule has 0 unspecified atom stereocenters. The summed E-state index contributed by atoms with van der Waals surface area (Å²) in [6, 6.07) is 13.1. The minimum absolute atomic E-state index is 0.0362. The molecule has 0 atom stereocenters. The fourth-order valence-corrected chi connectivity index (χ4v) is 5.36. The number of nitrogens with zero attached hydrogens (tertiary/aromatic N) is 2. The second kappa shape index (κ2) is 9.44. The van der Waals surface area contributed by atoms with Crippen molar-refractivity contribution in [1.29, 1.82) is 0 Å².